The minimum Gasteiger partial charge on any atom is -0.384 e. The molecule has 0 aromatic carbocycles. The molecular weight excluding hydrogens is 284 g/mol. The van der Waals surface area contributed by atoms with Gasteiger partial charge in [0.25, 0.3) is 0 Å². The van der Waals surface area contributed by atoms with Crippen LogP contribution in [0.1, 0.15) is 32.9 Å². The second-order valence-corrected chi connectivity index (χ2v) is 5.78. The predicted molar refractivity (Wildman–Crippen MR) is 70.8 cm³/mol. The van der Waals surface area contributed by atoms with Gasteiger partial charge in [-0.25, -0.2) is 0 Å². The summed E-state index contributed by atoms with van der Waals surface area (Å²) in [6, 6.07) is 0. The van der Waals surface area contributed by atoms with Crippen LogP contribution in [-0.4, -0.2) is 28.6 Å². The molecule has 17 heavy (non-hydrogen) atoms. The molecule has 0 saturated carbocycles. The standard InChI is InChI=1S/C12H21BrN2O2/c1-9(2)7-12(3,16)11-10(13)8-14-15(11)5-6-17-4/h8-9,16H,5-7H2,1-4H3. The zero-order valence-electron chi connectivity index (χ0n) is 10.9. The third kappa shape index (κ3) is 3.79. The maximum absolute atomic E-state index is 10.6. The molecule has 1 N–H and O–H groups in total. The van der Waals surface area contributed by atoms with Gasteiger partial charge < -0.3 is 9.84 Å². The summed E-state index contributed by atoms with van der Waals surface area (Å²) in [5.41, 5.74) is -0.0553. The van der Waals surface area contributed by atoms with Crippen molar-refractivity contribution in [1.29, 1.82) is 0 Å². The summed E-state index contributed by atoms with van der Waals surface area (Å²) < 4.78 is 7.69. The van der Waals surface area contributed by atoms with Gasteiger partial charge in [-0.15, -0.1) is 0 Å². The summed E-state index contributed by atoms with van der Waals surface area (Å²) in [7, 11) is 1.66. The summed E-state index contributed by atoms with van der Waals surface area (Å²) in [4.78, 5) is 0. The summed E-state index contributed by atoms with van der Waals surface area (Å²) in [6.45, 7) is 7.25. The van der Waals surface area contributed by atoms with Crippen molar-refractivity contribution in [1.82, 2.24) is 9.78 Å². The SMILES string of the molecule is COCCn1ncc(Br)c1C(C)(O)CC(C)C. The molecule has 0 aliphatic rings. The average molecular weight is 305 g/mol. The summed E-state index contributed by atoms with van der Waals surface area (Å²) in [6.07, 6.45) is 2.42. The maximum Gasteiger partial charge on any atom is 0.105 e. The van der Waals surface area contributed by atoms with Crippen LogP contribution >= 0.6 is 15.9 Å². The molecule has 0 aliphatic heterocycles. The highest BCUT2D eigenvalue weighted by Gasteiger charge is 2.30. The van der Waals surface area contributed by atoms with Crippen molar-refractivity contribution in [3.63, 3.8) is 0 Å². The highest BCUT2D eigenvalue weighted by Crippen LogP contribution is 2.33. The number of aliphatic hydroxyl groups is 1. The second-order valence-electron chi connectivity index (χ2n) is 4.93. The Labute approximate surface area is 111 Å². The second kappa shape index (κ2) is 5.98. The first-order valence-electron chi connectivity index (χ1n) is 5.81. The Morgan fingerprint density at radius 1 is 1.59 bits per heavy atom. The third-order valence-electron chi connectivity index (χ3n) is 2.62. The molecule has 1 atom stereocenters. The van der Waals surface area contributed by atoms with Crippen molar-refractivity contribution in [2.75, 3.05) is 13.7 Å². The average Bonchev–Trinajstić information content (AvgIpc) is 2.55. The van der Waals surface area contributed by atoms with Crippen molar-refractivity contribution < 1.29 is 9.84 Å². The van der Waals surface area contributed by atoms with Gasteiger partial charge in [0.15, 0.2) is 0 Å². The molecule has 0 fully saturated rings. The number of halogens is 1. The fraction of sp³-hybridized carbons (Fsp3) is 0.750. The summed E-state index contributed by atoms with van der Waals surface area (Å²) >= 11 is 3.45. The van der Waals surface area contributed by atoms with Crippen molar-refractivity contribution in [2.45, 2.75) is 39.3 Å². The monoisotopic (exact) mass is 304 g/mol. The van der Waals surface area contributed by atoms with Crippen LogP contribution in [0.25, 0.3) is 0 Å². The number of nitrogens with zero attached hydrogens (tertiary/aromatic N) is 2. The molecule has 0 bridgehead atoms. The molecule has 1 heterocycles. The Kier molecular flexibility index (Phi) is 5.16. The fourth-order valence-electron chi connectivity index (χ4n) is 2.14. The molecule has 0 spiro atoms. The Morgan fingerprint density at radius 3 is 2.76 bits per heavy atom. The van der Waals surface area contributed by atoms with Crippen LogP contribution in [0.2, 0.25) is 0 Å². The molecular formula is C12H21BrN2O2. The van der Waals surface area contributed by atoms with E-state index in [9.17, 15) is 5.11 Å². The lowest BCUT2D eigenvalue weighted by Gasteiger charge is -2.27. The van der Waals surface area contributed by atoms with E-state index in [1.54, 1.807) is 18.0 Å². The van der Waals surface area contributed by atoms with Gasteiger partial charge in [-0.05, 0) is 35.2 Å². The molecule has 0 saturated heterocycles. The molecule has 4 nitrogen and oxygen atoms in total. The van der Waals surface area contributed by atoms with E-state index in [0.717, 1.165) is 10.2 Å². The maximum atomic E-state index is 10.6. The number of hydrogen-bond acceptors (Lipinski definition) is 3. The first-order chi connectivity index (χ1) is 7.88. The molecule has 98 valence electrons. The van der Waals surface area contributed by atoms with E-state index in [-0.39, 0.29) is 0 Å². The quantitative estimate of drug-likeness (QED) is 0.878. The Hall–Kier alpha value is -0.390. The van der Waals surface area contributed by atoms with Crippen LogP contribution in [0, 0.1) is 5.92 Å². The fourth-order valence-corrected chi connectivity index (χ4v) is 2.86. The van der Waals surface area contributed by atoms with Gasteiger partial charge in [-0.2, -0.15) is 5.10 Å². The number of rotatable bonds is 6. The Morgan fingerprint density at radius 2 is 2.24 bits per heavy atom. The van der Waals surface area contributed by atoms with Crippen LogP contribution in [0.4, 0.5) is 0 Å². The van der Waals surface area contributed by atoms with Crippen LogP contribution < -0.4 is 0 Å². The van der Waals surface area contributed by atoms with E-state index in [1.165, 1.54) is 0 Å². The third-order valence-corrected chi connectivity index (χ3v) is 3.20. The zero-order valence-corrected chi connectivity index (χ0v) is 12.5. The summed E-state index contributed by atoms with van der Waals surface area (Å²) in [5, 5.41) is 14.8. The summed E-state index contributed by atoms with van der Waals surface area (Å²) in [5.74, 6) is 0.419. The minimum atomic E-state index is -0.878. The molecule has 1 aromatic heterocycles. The molecule has 5 heteroatoms. The molecule has 1 aromatic rings. The van der Waals surface area contributed by atoms with Crippen LogP contribution in [0.3, 0.4) is 0 Å². The molecule has 1 unspecified atom stereocenters. The van der Waals surface area contributed by atoms with Crippen molar-refractivity contribution in [2.24, 2.45) is 5.92 Å². The van der Waals surface area contributed by atoms with Crippen LogP contribution in [-0.2, 0) is 16.9 Å². The molecule has 0 aliphatic carbocycles. The van der Waals surface area contributed by atoms with Gasteiger partial charge in [0, 0.05) is 7.11 Å². The lowest BCUT2D eigenvalue weighted by atomic mass is 9.91. The predicted octanol–water partition coefficient (Wildman–Crippen LogP) is 2.55. The number of hydrogen-bond donors (Lipinski definition) is 1. The zero-order chi connectivity index (χ0) is 13.1. The smallest absolute Gasteiger partial charge is 0.105 e. The van der Waals surface area contributed by atoms with E-state index in [1.807, 2.05) is 6.92 Å². The van der Waals surface area contributed by atoms with Gasteiger partial charge in [-0.3, -0.25) is 4.68 Å². The molecule has 1 rings (SSSR count). The highest BCUT2D eigenvalue weighted by molar-refractivity contribution is 9.10. The van der Waals surface area contributed by atoms with Gasteiger partial charge >= 0.3 is 0 Å². The van der Waals surface area contributed by atoms with Crippen molar-refractivity contribution >= 4 is 15.9 Å². The van der Waals surface area contributed by atoms with E-state index in [4.69, 9.17) is 4.74 Å². The lowest BCUT2D eigenvalue weighted by Crippen LogP contribution is -2.28. The Balaban J connectivity index is 2.97. The number of ether oxygens (including phenoxy) is 1. The minimum absolute atomic E-state index is 0.419. The van der Waals surface area contributed by atoms with Crippen LogP contribution in [0.5, 0.6) is 0 Å². The van der Waals surface area contributed by atoms with Crippen molar-refractivity contribution in [3.8, 4) is 0 Å². The van der Waals surface area contributed by atoms with Gasteiger partial charge in [0.2, 0.25) is 0 Å². The largest absolute Gasteiger partial charge is 0.384 e. The van der Waals surface area contributed by atoms with E-state index in [0.29, 0.717) is 25.5 Å². The topological polar surface area (TPSA) is 47.3 Å². The number of aromatic nitrogens is 2. The first kappa shape index (κ1) is 14.7. The van der Waals surface area contributed by atoms with E-state index >= 15 is 0 Å². The van der Waals surface area contributed by atoms with E-state index < -0.39 is 5.60 Å². The van der Waals surface area contributed by atoms with Gasteiger partial charge in [0.05, 0.1) is 29.5 Å². The molecule has 0 amide bonds. The highest BCUT2D eigenvalue weighted by atomic mass is 79.9. The Bertz CT molecular complexity index is 361. The van der Waals surface area contributed by atoms with Gasteiger partial charge in [0.1, 0.15) is 5.60 Å². The van der Waals surface area contributed by atoms with Crippen molar-refractivity contribution in [3.05, 3.63) is 16.4 Å². The normalized spacial score (nSPS) is 15.2. The van der Waals surface area contributed by atoms with Gasteiger partial charge in [-0.1, -0.05) is 13.8 Å². The van der Waals surface area contributed by atoms with Crippen LogP contribution in [0.15, 0.2) is 10.7 Å². The lowest BCUT2D eigenvalue weighted by molar-refractivity contribution is 0.0238. The molecule has 0 radical (unpaired) electrons. The first-order valence-corrected chi connectivity index (χ1v) is 6.61. The van der Waals surface area contributed by atoms with E-state index in [2.05, 4.69) is 34.9 Å². The number of methoxy groups -OCH3 is 1.